The Morgan fingerprint density at radius 2 is 1.95 bits per heavy atom. The second kappa shape index (κ2) is 6.63. The highest BCUT2D eigenvalue weighted by Gasteiger charge is 2.25. The van der Waals surface area contributed by atoms with E-state index < -0.39 is 6.04 Å². The van der Waals surface area contributed by atoms with Gasteiger partial charge in [0.05, 0.1) is 0 Å². The number of carbonyl (C=O) groups is 1. The van der Waals surface area contributed by atoms with Gasteiger partial charge in [-0.3, -0.25) is 4.79 Å². The maximum absolute atomic E-state index is 12.2. The maximum atomic E-state index is 12.2. The lowest BCUT2D eigenvalue weighted by atomic mass is 9.98. The van der Waals surface area contributed by atoms with Crippen LogP contribution in [-0.4, -0.2) is 24.1 Å². The summed E-state index contributed by atoms with van der Waals surface area (Å²) in [6.07, 6.45) is 1.51. The van der Waals surface area contributed by atoms with Gasteiger partial charge in [0.2, 0.25) is 5.91 Å². The van der Waals surface area contributed by atoms with Crippen molar-refractivity contribution in [2.75, 3.05) is 13.2 Å². The highest BCUT2D eigenvalue weighted by molar-refractivity contribution is 7.80. The van der Waals surface area contributed by atoms with E-state index in [1.54, 1.807) is 0 Å². The molecule has 0 radical (unpaired) electrons. The fourth-order valence-electron chi connectivity index (χ4n) is 2.18. The van der Waals surface area contributed by atoms with Crippen LogP contribution in [0.2, 0.25) is 0 Å². The van der Waals surface area contributed by atoms with Gasteiger partial charge in [-0.05, 0) is 18.4 Å². The molecule has 19 heavy (non-hydrogen) atoms. The van der Waals surface area contributed by atoms with Gasteiger partial charge in [-0.2, -0.15) is 0 Å². The van der Waals surface area contributed by atoms with Crippen LogP contribution in [0.3, 0.4) is 0 Å². The summed E-state index contributed by atoms with van der Waals surface area (Å²) >= 11 is 5.06. The van der Waals surface area contributed by atoms with Crippen LogP contribution in [0.1, 0.15) is 24.4 Å². The first-order valence-electron chi connectivity index (χ1n) is 6.41. The second-order valence-corrected chi connectivity index (χ2v) is 5.11. The zero-order valence-corrected chi connectivity index (χ0v) is 11.5. The minimum absolute atomic E-state index is 0.00459. The van der Waals surface area contributed by atoms with E-state index in [0.29, 0.717) is 13.2 Å². The van der Waals surface area contributed by atoms with Crippen LogP contribution >= 0.6 is 12.2 Å². The van der Waals surface area contributed by atoms with Gasteiger partial charge in [0.15, 0.2) is 0 Å². The van der Waals surface area contributed by atoms with Crippen molar-refractivity contribution in [1.82, 2.24) is 5.32 Å². The summed E-state index contributed by atoms with van der Waals surface area (Å²) in [6, 6.07) is 9.15. The van der Waals surface area contributed by atoms with E-state index in [4.69, 9.17) is 22.7 Å². The number of nitrogens with two attached hydrogens (primary N) is 1. The Morgan fingerprint density at radius 3 is 2.53 bits per heavy atom. The van der Waals surface area contributed by atoms with Crippen molar-refractivity contribution in [1.29, 1.82) is 0 Å². The van der Waals surface area contributed by atoms with Crippen molar-refractivity contribution in [3.63, 3.8) is 0 Å². The van der Waals surface area contributed by atoms with Crippen molar-refractivity contribution in [2.45, 2.75) is 18.9 Å². The number of benzene rings is 1. The largest absolute Gasteiger partial charge is 0.391 e. The molecule has 1 heterocycles. The summed E-state index contributed by atoms with van der Waals surface area (Å²) in [4.78, 5) is 12.5. The average Bonchev–Trinajstić information content (AvgIpc) is 2.46. The smallest absolute Gasteiger partial charge is 0.224 e. The van der Waals surface area contributed by atoms with Crippen LogP contribution in [0.4, 0.5) is 0 Å². The molecule has 1 aromatic rings. The molecule has 102 valence electrons. The van der Waals surface area contributed by atoms with Gasteiger partial charge in [-0.25, -0.2) is 0 Å². The predicted octanol–water partition coefficient (Wildman–Crippen LogP) is 1.56. The molecule has 0 bridgehead atoms. The van der Waals surface area contributed by atoms with Crippen molar-refractivity contribution in [2.24, 2.45) is 11.7 Å². The molecule has 1 unspecified atom stereocenters. The summed E-state index contributed by atoms with van der Waals surface area (Å²) < 4.78 is 5.26. The molecule has 4 nitrogen and oxygen atoms in total. The predicted molar refractivity (Wildman–Crippen MR) is 77.7 cm³/mol. The first-order valence-corrected chi connectivity index (χ1v) is 6.81. The van der Waals surface area contributed by atoms with E-state index in [9.17, 15) is 4.79 Å². The number of rotatable bonds is 4. The van der Waals surface area contributed by atoms with E-state index in [1.807, 2.05) is 30.3 Å². The van der Waals surface area contributed by atoms with Crippen LogP contribution in [0.25, 0.3) is 0 Å². The number of hydrogen-bond donors (Lipinski definition) is 2. The molecule has 5 heteroatoms. The zero-order chi connectivity index (χ0) is 13.7. The fourth-order valence-corrected chi connectivity index (χ4v) is 2.38. The van der Waals surface area contributed by atoms with Gasteiger partial charge in [0, 0.05) is 19.1 Å². The van der Waals surface area contributed by atoms with Gasteiger partial charge in [0.1, 0.15) is 11.0 Å². The summed E-state index contributed by atoms with van der Waals surface area (Å²) in [5, 5.41) is 2.94. The zero-order valence-electron chi connectivity index (χ0n) is 10.7. The van der Waals surface area contributed by atoms with Crippen LogP contribution in [0.5, 0.6) is 0 Å². The highest BCUT2D eigenvalue weighted by Crippen LogP contribution is 2.18. The van der Waals surface area contributed by atoms with E-state index >= 15 is 0 Å². The summed E-state index contributed by atoms with van der Waals surface area (Å²) in [6.45, 7) is 1.28. The number of nitrogens with one attached hydrogen (secondary N) is 1. The number of ether oxygens (including phenoxy) is 1. The summed E-state index contributed by atoms with van der Waals surface area (Å²) in [5.74, 6) is -0.000680. The maximum Gasteiger partial charge on any atom is 0.224 e. The van der Waals surface area contributed by atoms with Crippen LogP contribution in [-0.2, 0) is 9.53 Å². The Labute approximate surface area is 118 Å². The first kappa shape index (κ1) is 14.0. The molecule has 0 saturated carbocycles. The molecule has 1 aliphatic rings. The van der Waals surface area contributed by atoms with Crippen molar-refractivity contribution in [3.8, 4) is 0 Å². The lowest BCUT2D eigenvalue weighted by Gasteiger charge is -2.24. The molecule has 1 saturated heterocycles. The third-order valence-electron chi connectivity index (χ3n) is 3.30. The number of thiocarbonyl (C=S) groups is 1. The number of carbonyl (C=O) groups excluding carboxylic acids is 1. The topological polar surface area (TPSA) is 64.3 Å². The Balaban J connectivity index is 2.04. The molecule has 0 spiro atoms. The minimum Gasteiger partial charge on any atom is -0.391 e. The Morgan fingerprint density at radius 1 is 1.32 bits per heavy atom. The van der Waals surface area contributed by atoms with Gasteiger partial charge in [0.25, 0.3) is 0 Å². The Hall–Kier alpha value is -1.46. The Kier molecular flexibility index (Phi) is 4.87. The summed E-state index contributed by atoms with van der Waals surface area (Å²) in [7, 11) is 0. The molecule has 3 N–H and O–H groups in total. The molecule has 1 aromatic carbocycles. The molecule has 1 atom stereocenters. The van der Waals surface area contributed by atoms with Crippen LogP contribution < -0.4 is 11.1 Å². The molecule has 1 aliphatic heterocycles. The lowest BCUT2D eigenvalue weighted by molar-refractivity contribution is -0.128. The molecule has 0 aliphatic carbocycles. The fraction of sp³-hybridized carbons (Fsp3) is 0.429. The third kappa shape index (κ3) is 3.75. The molecular weight excluding hydrogens is 260 g/mol. The Bertz CT molecular complexity index is 444. The monoisotopic (exact) mass is 278 g/mol. The van der Waals surface area contributed by atoms with E-state index in [-0.39, 0.29) is 16.8 Å². The molecule has 0 aromatic heterocycles. The van der Waals surface area contributed by atoms with Gasteiger partial charge in [-0.15, -0.1) is 0 Å². The van der Waals surface area contributed by atoms with E-state index in [0.717, 1.165) is 18.4 Å². The number of hydrogen-bond acceptors (Lipinski definition) is 3. The summed E-state index contributed by atoms with van der Waals surface area (Å²) in [5.41, 5.74) is 6.65. The van der Waals surface area contributed by atoms with Crippen molar-refractivity contribution >= 4 is 23.1 Å². The molecular formula is C14H18N2O2S. The lowest BCUT2D eigenvalue weighted by Crippen LogP contribution is -2.41. The van der Waals surface area contributed by atoms with Crippen LogP contribution in [0.15, 0.2) is 30.3 Å². The van der Waals surface area contributed by atoms with Crippen molar-refractivity contribution < 1.29 is 9.53 Å². The quantitative estimate of drug-likeness (QED) is 0.820. The normalized spacial score (nSPS) is 17.7. The number of amides is 1. The molecule has 1 fully saturated rings. The standard InChI is InChI=1S/C14H18N2O2S/c15-13(19)12(10-4-2-1-3-5-10)16-14(17)11-6-8-18-9-7-11/h1-5,11-12H,6-9H2,(H2,15,19)(H,16,17). The SMILES string of the molecule is NC(=S)C(NC(=O)C1CCOCC1)c1ccccc1. The molecule has 1 amide bonds. The van der Waals surface area contributed by atoms with E-state index in [1.165, 1.54) is 0 Å². The highest BCUT2D eigenvalue weighted by atomic mass is 32.1. The van der Waals surface area contributed by atoms with Gasteiger partial charge < -0.3 is 15.8 Å². The third-order valence-corrected chi connectivity index (χ3v) is 3.53. The first-order chi connectivity index (χ1) is 9.18. The van der Waals surface area contributed by atoms with Crippen molar-refractivity contribution in [3.05, 3.63) is 35.9 Å². The van der Waals surface area contributed by atoms with Gasteiger partial charge in [-0.1, -0.05) is 42.5 Å². The van der Waals surface area contributed by atoms with E-state index in [2.05, 4.69) is 5.32 Å². The average molecular weight is 278 g/mol. The van der Waals surface area contributed by atoms with Gasteiger partial charge >= 0.3 is 0 Å². The molecule has 2 rings (SSSR count). The van der Waals surface area contributed by atoms with Crippen LogP contribution in [0, 0.1) is 5.92 Å². The second-order valence-electron chi connectivity index (χ2n) is 4.64. The minimum atomic E-state index is -0.397.